The van der Waals surface area contributed by atoms with Crippen LogP contribution >= 0.6 is 22.6 Å². The lowest BCUT2D eigenvalue weighted by Gasteiger charge is -2.08. The minimum Gasteiger partial charge on any atom is -0.292 e. The summed E-state index contributed by atoms with van der Waals surface area (Å²) in [5.41, 5.74) is 0.439. The lowest BCUT2D eigenvalue weighted by molar-refractivity contribution is 0.101. The average molecular weight is 338 g/mol. The summed E-state index contributed by atoms with van der Waals surface area (Å²) >= 11 is 1.68. The average Bonchev–Trinajstić information content (AvgIpc) is 2.28. The highest BCUT2D eigenvalue weighted by Gasteiger charge is 2.28. The van der Waals surface area contributed by atoms with Crippen LogP contribution in [0.5, 0.6) is 0 Å². The fraction of sp³-hybridized carbons (Fsp3) is 0.300. The van der Waals surface area contributed by atoms with E-state index in [9.17, 15) is 13.2 Å². The Morgan fingerprint density at radius 3 is 2.33 bits per heavy atom. The fourth-order valence-electron chi connectivity index (χ4n) is 1.04. The Morgan fingerprint density at radius 1 is 1.33 bits per heavy atom. The normalized spacial score (nSPS) is 13.5. The Balaban J connectivity index is 2.97. The topological polar surface area (TPSA) is 51.2 Å². The van der Waals surface area contributed by atoms with Gasteiger partial charge in [-0.15, -0.1) is 0 Å². The largest absolute Gasteiger partial charge is 0.292 e. The van der Waals surface area contributed by atoms with Crippen molar-refractivity contribution >= 4 is 38.2 Å². The van der Waals surface area contributed by atoms with Gasteiger partial charge in [0.15, 0.2) is 18.9 Å². The molecule has 0 fully saturated rings. The van der Waals surface area contributed by atoms with Crippen molar-refractivity contribution in [2.45, 2.75) is 10.2 Å². The van der Waals surface area contributed by atoms with Crippen molar-refractivity contribution < 1.29 is 13.2 Å². The van der Waals surface area contributed by atoms with E-state index in [0.29, 0.717) is 5.56 Å². The van der Waals surface area contributed by atoms with E-state index in [2.05, 4.69) is 0 Å². The Morgan fingerprint density at radius 2 is 1.87 bits per heavy atom. The molecule has 0 saturated heterocycles. The lowest BCUT2D eigenvalue weighted by Crippen LogP contribution is -2.25. The summed E-state index contributed by atoms with van der Waals surface area (Å²) in [6.45, 7) is 1.54. The van der Waals surface area contributed by atoms with E-state index in [4.69, 9.17) is 0 Å². The molecule has 1 aromatic carbocycles. The number of sulfone groups is 1. The zero-order valence-corrected chi connectivity index (χ0v) is 11.2. The molecule has 0 radical (unpaired) electrons. The van der Waals surface area contributed by atoms with Gasteiger partial charge in [-0.3, -0.25) is 4.79 Å². The second-order valence-electron chi connectivity index (χ2n) is 3.00. The molecule has 0 aliphatic rings. The first kappa shape index (κ1) is 12.6. The zero-order valence-electron chi connectivity index (χ0n) is 8.18. The number of rotatable bonds is 4. The van der Waals surface area contributed by atoms with E-state index in [-0.39, 0.29) is 11.5 Å². The van der Waals surface area contributed by atoms with Crippen LogP contribution in [-0.2, 0) is 9.84 Å². The van der Waals surface area contributed by atoms with Crippen LogP contribution in [0.4, 0.5) is 0 Å². The molecule has 1 atom stereocenters. The monoisotopic (exact) mass is 338 g/mol. The quantitative estimate of drug-likeness (QED) is 0.480. The molecular formula is C10H11IO3S. The number of hydrogen-bond donors (Lipinski definition) is 0. The summed E-state index contributed by atoms with van der Waals surface area (Å²) in [6.07, 6.45) is 0. The van der Waals surface area contributed by atoms with Gasteiger partial charge in [-0.2, -0.15) is 0 Å². The summed E-state index contributed by atoms with van der Waals surface area (Å²) in [4.78, 5) is 11.8. The number of ketones is 1. The summed E-state index contributed by atoms with van der Waals surface area (Å²) in [5, 5.41) is 0. The smallest absolute Gasteiger partial charge is 0.190 e. The van der Waals surface area contributed by atoms with Crippen molar-refractivity contribution in [2.24, 2.45) is 0 Å². The van der Waals surface area contributed by atoms with E-state index >= 15 is 0 Å². The molecular weight excluding hydrogens is 327 g/mol. The molecule has 0 aromatic heterocycles. The van der Waals surface area contributed by atoms with E-state index in [1.807, 2.05) is 0 Å². The van der Waals surface area contributed by atoms with Crippen molar-refractivity contribution in [1.82, 2.24) is 0 Å². The standard InChI is InChI=1S/C10H11IO3S/c1-2-15(13,14)10(11)9(12)8-6-4-3-5-7-8/h3-7,10H,2H2,1H3. The van der Waals surface area contributed by atoms with Crippen LogP contribution in [0.15, 0.2) is 30.3 Å². The van der Waals surface area contributed by atoms with Gasteiger partial charge >= 0.3 is 0 Å². The highest BCUT2D eigenvalue weighted by Crippen LogP contribution is 2.17. The minimum atomic E-state index is -3.31. The van der Waals surface area contributed by atoms with Crippen LogP contribution in [0.2, 0.25) is 0 Å². The molecule has 0 N–H and O–H groups in total. The molecule has 1 unspecified atom stereocenters. The number of alkyl halides is 1. The van der Waals surface area contributed by atoms with Gasteiger partial charge < -0.3 is 0 Å². The van der Waals surface area contributed by atoms with Gasteiger partial charge in [0.05, 0.1) is 0 Å². The number of Topliss-reactive ketones (excluding diaryl/α,β-unsaturated/α-hetero) is 1. The van der Waals surface area contributed by atoms with Gasteiger partial charge in [-0.1, -0.05) is 59.8 Å². The molecule has 0 saturated carbocycles. The van der Waals surface area contributed by atoms with E-state index in [0.717, 1.165) is 0 Å². The van der Waals surface area contributed by atoms with Crippen molar-refractivity contribution in [3.05, 3.63) is 35.9 Å². The number of carbonyl (C=O) groups excluding carboxylic acids is 1. The third kappa shape index (κ3) is 3.01. The van der Waals surface area contributed by atoms with Crippen LogP contribution in [0.1, 0.15) is 17.3 Å². The second kappa shape index (κ2) is 5.07. The van der Waals surface area contributed by atoms with Crippen LogP contribution in [0.25, 0.3) is 0 Å². The first-order valence-corrected chi connectivity index (χ1v) is 7.40. The number of carbonyl (C=O) groups is 1. The molecule has 0 aliphatic heterocycles. The number of hydrogen-bond acceptors (Lipinski definition) is 3. The van der Waals surface area contributed by atoms with E-state index in [1.165, 1.54) is 0 Å². The maximum Gasteiger partial charge on any atom is 0.190 e. The fourth-order valence-corrected chi connectivity index (χ4v) is 3.24. The van der Waals surface area contributed by atoms with E-state index < -0.39 is 13.1 Å². The lowest BCUT2D eigenvalue weighted by atomic mass is 10.2. The number of halogens is 1. The molecule has 1 aromatic rings. The van der Waals surface area contributed by atoms with Gasteiger partial charge in [0.25, 0.3) is 0 Å². The predicted molar refractivity (Wildman–Crippen MR) is 68.0 cm³/mol. The van der Waals surface area contributed by atoms with Crippen LogP contribution < -0.4 is 0 Å². The van der Waals surface area contributed by atoms with Crippen molar-refractivity contribution in [2.75, 3.05) is 5.75 Å². The summed E-state index contributed by atoms with van der Waals surface area (Å²) in [7, 11) is -3.31. The van der Waals surface area contributed by atoms with Gasteiger partial charge in [0.1, 0.15) is 0 Å². The van der Waals surface area contributed by atoms with Crippen molar-refractivity contribution in [1.29, 1.82) is 0 Å². The summed E-state index contributed by atoms with van der Waals surface area (Å²) < 4.78 is 22.0. The van der Waals surface area contributed by atoms with Gasteiger partial charge in [0.2, 0.25) is 0 Å². The van der Waals surface area contributed by atoms with Gasteiger partial charge in [0, 0.05) is 11.3 Å². The maximum absolute atomic E-state index is 11.8. The first-order valence-electron chi connectivity index (χ1n) is 4.44. The van der Waals surface area contributed by atoms with Crippen molar-refractivity contribution in [3.63, 3.8) is 0 Å². The highest BCUT2D eigenvalue weighted by atomic mass is 127. The van der Waals surface area contributed by atoms with Crippen LogP contribution in [0.3, 0.4) is 0 Å². The molecule has 0 bridgehead atoms. The van der Waals surface area contributed by atoms with Crippen molar-refractivity contribution in [3.8, 4) is 0 Å². The Hall–Kier alpha value is -0.430. The third-order valence-corrected chi connectivity index (χ3v) is 6.52. The van der Waals surface area contributed by atoms with Crippen LogP contribution in [-0.4, -0.2) is 23.2 Å². The molecule has 1 rings (SSSR count). The van der Waals surface area contributed by atoms with Crippen LogP contribution in [0, 0.1) is 0 Å². The first-order chi connectivity index (χ1) is 6.99. The second-order valence-corrected chi connectivity index (χ2v) is 7.46. The molecule has 3 nitrogen and oxygen atoms in total. The molecule has 5 heteroatoms. The zero-order chi connectivity index (χ0) is 11.5. The molecule has 0 aliphatic carbocycles. The SMILES string of the molecule is CCS(=O)(=O)C(I)C(=O)c1ccccc1. The minimum absolute atomic E-state index is 0.0147. The third-order valence-electron chi connectivity index (χ3n) is 1.98. The van der Waals surface area contributed by atoms with Gasteiger partial charge in [-0.05, 0) is 0 Å². The Labute approximate surface area is 103 Å². The molecule has 0 heterocycles. The summed E-state index contributed by atoms with van der Waals surface area (Å²) in [6, 6.07) is 8.47. The Kier molecular flexibility index (Phi) is 4.27. The maximum atomic E-state index is 11.8. The number of benzene rings is 1. The molecule has 0 spiro atoms. The molecule has 0 amide bonds. The molecule has 15 heavy (non-hydrogen) atoms. The van der Waals surface area contributed by atoms with E-state index in [1.54, 1.807) is 59.8 Å². The molecule has 82 valence electrons. The highest BCUT2D eigenvalue weighted by molar-refractivity contribution is 14.1. The van der Waals surface area contributed by atoms with Gasteiger partial charge in [-0.25, -0.2) is 8.42 Å². The Bertz CT molecular complexity index is 439. The summed E-state index contributed by atoms with van der Waals surface area (Å²) in [5.74, 6) is -0.364. The predicted octanol–water partition coefficient (Wildman–Crippen LogP) is 2.07.